The average Bonchev–Trinajstić information content (AvgIpc) is 3.04. The molecule has 3 aromatic rings. The molecule has 1 N–H and O–H groups in total. The second-order valence-electron chi connectivity index (χ2n) is 6.10. The van der Waals surface area contributed by atoms with E-state index in [1.807, 2.05) is 12.4 Å². The van der Waals surface area contributed by atoms with Crippen LogP contribution in [0.5, 0.6) is 0 Å². The molecule has 1 fully saturated rings. The molecule has 3 heterocycles. The molecule has 1 atom stereocenters. The van der Waals surface area contributed by atoms with Gasteiger partial charge < -0.3 is 4.98 Å². The van der Waals surface area contributed by atoms with Crippen LogP contribution in [0.4, 0.5) is 0 Å². The van der Waals surface area contributed by atoms with Crippen molar-refractivity contribution in [3.63, 3.8) is 0 Å². The highest BCUT2D eigenvalue weighted by Crippen LogP contribution is 2.26. The molecule has 0 radical (unpaired) electrons. The Morgan fingerprint density at radius 2 is 2.23 bits per heavy atom. The van der Waals surface area contributed by atoms with E-state index in [2.05, 4.69) is 44.1 Å². The third kappa shape index (κ3) is 2.74. The van der Waals surface area contributed by atoms with E-state index in [1.54, 1.807) is 12.4 Å². The number of nitrogens with one attached hydrogen (secondary N) is 1. The fraction of sp³-hybridized carbons (Fsp3) is 0.333. The van der Waals surface area contributed by atoms with Crippen molar-refractivity contribution in [2.75, 3.05) is 13.1 Å². The minimum Gasteiger partial charge on any atom is -0.361 e. The van der Waals surface area contributed by atoms with E-state index in [1.165, 1.54) is 35.9 Å². The third-order valence-corrected chi connectivity index (χ3v) is 4.53. The standard InChI is InChI=1S/C18H20N4/c1-2-16(18-11-19-7-8-21-18)13-22(9-1)12-14-3-4-17-15(10-14)5-6-20-17/h3-8,10-11,16,20H,1-2,9,12-13H2/t16-/m0/s1. The van der Waals surface area contributed by atoms with Crippen molar-refractivity contribution in [1.82, 2.24) is 19.9 Å². The number of aromatic nitrogens is 3. The lowest BCUT2D eigenvalue weighted by molar-refractivity contribution is 0.198. The first-order valence-electron chi connectivity index (χ1n) is 7.93. The normalized spacial score (nSPS) is 19.5. The maximum atomic E-state index is 4.48. The lowest BCUT2D eigenvalue weighted by atomic mass is 9.94. The predicted molar refractivity (Wildman–Crippen MR) is 87.6 cm³/mol. The molecule has 1 saturated heterocycles. The molecule has 1 aliphatic rings. The summed E-state index contributed by atoms with van der Waals surface area (Å²) in [7, 11) is 0. The largest absolute Gasteiger partial charge is 0.361 e. The van der Waals surface area contributed by atoms with Crippen molar-refractivity contribution in [3.05, 3.63) is 60.3 Å². The Morgan fingerprint density at radius 3 is 3.14 bits per heavy atom. The Hall–Kier alpha value is -2.20. The van der Waals surface area contributed by atoms with Gasteiger partial charge in [-0.1, -0.05) is 6.07 Å². The molecular weight excluding hydrogens is 272 g/mol. The van der Waals surface area contributed by atoms with Gasteiger partial charge in [0.2, 0.25) is 0 Å². The van der Waals surface area contributed by atoms with Crippen LogP contribution in [0, 0.1) is 0 Å². The average molecular weight is 292 g/mol. The summed E-state index contributed by atoms with van der Waals surface area (Å²) >= 11 is 0. The third-order valence-electron chi connectivity index (χ3n) is 4.53. The number of hydrogen-bond donors (Lipinski definition) is 1. The highest BCUT2D eigenvalue weighted by molar-refractivity contribution is 5.79. The second-order valence-corrected chi connectivity index (χ2v) is 6.10. The molecule has 0 amide bonds. The van der Waals surface area contributed by atoms with E-state index in [9.17, 15) is 0 Å². The highest BCUT2D eigenvalue weighted by atomic mass is 15.1. The van der Waals surface area contributed by atoms with Crippen LogP contribution in [0.15, 0.2) is 49.1 Å². The van der Waals surface area contributed by atoms with Gasteiger partial charge in [0, 0.05) is 49.3 Å². The summed E-state index contributed by atoms with van der Waals surface area (Å²) in [5, 5.41) is 1.29. The summed E-state index contributed by atoms with van der Waals surface area (Å²) < 4.78 is 0. The zero-order valence-corrected chi connectivity index (χ0v) is 12.6. The highest BCUT2D eigenvalue weighted by Gasteiger charge is 2.22. The number of benzene rings is 1. The Balaban J connectivity index is 1.48. The van der Waals surface area contributed by atoms with Crippen LogP contribution in [0.1, 0.15) is 30.0 Å². The molecule has 0 unspecified atom stereocenters. The molecule has 112 valence electrons. The van der Waals surface area contributed by atoms with E-state index < -0.39 is 0 Å². The minimum absolute atomic E-state index is 0.512. The molecule has 0 spiro atoms. The zero-order valence-electron chi connectivity index (χ0n) is 12.6. The van der Waals surface area contributed by atoms with Gasteiger partial charge in [0.15, 0.2) is 0 Å². The number of rotatable bonds is 3. The first-order valence-corrected chi connectivity index (χ1v) is 7.93. The second kappa shape index (κ2) is 5.89. The summed E-state index contributed by atoms with van der Waals surface area (Å²) in [6.45, 7) is 3.25. The summed E-state index contributed by atoms with van der Waals surface area (Å²) in [6, 6.07) is 8.83. The van der Waals surface area contributed by atoms with Gasteiger partial charge >= 0.3 is 0 Å². The maximum Gasteiger partial charge on any atom is 0.0630 e. The van der Waals surface area contributed by atoms with Gasteiger partial charge in [0.25, 0.3) is 0 Å². The number of nitrogens with zero attached hydrogens (tertiary/aromatic N) is 3. The van der Waals surface area contributed by atoms with E-state index >= 15 is 0 Å². The van der Waals surface area contributed by atoms with E-state index in [0.717, 1.165) is 18.8 Å². The molecule has 4 rings (SSSR count). The summed E-state index contributed by atoms with van der Waals surface area (Å²) in [6.07, 6.45) is 9.91. The van der Waals surface area contributed by atoms with Crippen molar-refractivity contribution in [1.29, 1.82) is 0 Å². The number of H-pyrrole nitrogens is 1. The van der Waals surface area contributed by atoms with Gasteiger partial charge in [-0.15, -0.1) is 0 Å². The van der Waals surface area contributed by atoms with E-state index in [4.69, 9.17) is 0 Å². The zero-order chi connectivity index (χ0) is 14.8. The van der Waals surface area contributed by atoms with Crippen molar-refractivity contribution in [2.24, 2.45) is 0 Å². The van der Waals surface area contributed by atoms with Crippen molar-refractivity contribution < 1.29 is 0 Å². The molecule has 1 aliphatic heterocycles. The topological polar surface area (TPSA) is 44.8 Å². The lowest BCUT2D eigenvalue weighted by Crippen LogP contribution is -2.34. The summed E-state index contributed by atoms with van der Waals surface area (Å²) in [5.74, 6) is 0.512. The first-order chi connectivity index (χ1) is 10.9. The van der Waals surface area contributed by atoms with Gasteiger partial charge in [0.1, 0.15) is 0 Å². The number of piperidine rings is 1. The Kier molecular flexibility index (Phi) is 3.60. The molecule has 2 aromatic heterocycles. The fourth-order valence-electron chi connectivity index (χ4n) is 3.42. The quantitative estimate of drug-likeness (QED) is 0.805. The predicted octanol–water partition coefficient (Wildman–Crippen LogP) is 3.34. The summed E-state index contributed by atoms with van der Waals surface area (Å²) in [4.78, 5) is 14.5. The van der Waals surface area contributed by atoms with Crippen LogP contribution in [0.2, 0.25) is 0 Å². The van der Waals surface area contributed by atoms with Crippen molar-refractivity contribution in [3.8, 4) is 0 Å². The fourth-order valence-corrected chi connectivity index (χ4v) is 3.42. The first kappa shape index (κ1) is 13.5. The van der Waals surface area contributed by atoms with Crippen LogP contribution >= 0.6 is 0 Å². The van der Waals surface area contributed by atoms with Gasteiger partial charge in [-0.3, -0.25) is 14.9 Å². The number of aromatic amines is 1. The Labute approximate surface area is 130 Å². The number of likely N-dealkylation sites (tertiary alicyclic amines) is 1. The van der Waals surface area contributed by atoms with Crippen LogP contribution in [-0.4, -0.2) is 32.9 Å². The van der Waals surface area contributed by atoms with E-state index in [-0.39, 0.29) is 0 Å². The van der Waals surface area contributed by atoms with Gasteiger partial charge in [-0.05, 0) is 48.5 Å². The smallest absolute Gasteiger partial charge is 0.0630 e. The molecule has 0 saturated carbocycles. The molecule has 4 heteroatoms. The SMILES string of the molecule is c1cnc([C@H]2CCCN(Cc3ccc4[nH]ccc4c3)C2)cn1. The summed E-state index contributed by atoms with van der Waals surface area (Å²) in [5.41, 5.74) is 3.72. The van der Waals surface area contributed by atoms with Gasteiger partial charge in [0.05, 0.1) is 5.69 Å². The maximum absolute atomic E-state index is 4.48. The van der Waals surface area contributed by atoms with Crippen LogP contribution in [-0.2, 0) is 6.54 Å². The minimum atomic E-state index is 0.512. The van der Waals surface area contributed by atoms with Crippen molar-refractivity contribution >= 4 is 10.9 Å². The number of hydrogen-bond acceptors (Lipinski definition) is 3. The number of fused-ring (bicyclic) bond motifs is 1. The molecular formula is C18H20N4. The Bertz CT molecular complexity index is 750. The van der Waals surface area contributed by atoms with Crippen molar-refractivity contribution in [2.45, 2.75) is 25.3 Å². The van der Waals surface area contributed by atoms with Crippen LogP contribution in [0.25, 0.3) is 10.9 Å². The molecule has 4 nitrogen and oxygen atoms in total. The van der Waals surface area contributed by atoms with Crippen LogP contribution < -0.4 is 0 Å². The Morgan fingerprint density at radius 1 is 1.23 bits per heavy atom. The van der Waals surface area contributed by atoms with Crippen LogP contribution in [0.3, 0.4) is 0 Å². The van der Waals surface area contributed by atoms with E-state index in [0.29, 0.717) is 5.92 Å². The van der Waals surface area contributed by atoms with Gasteiger partial charge in [-0.25, -0.2) is 0 Å². The molecule has 0 bridgehead atoms. The molecule has 1 aromatic carbocycles. The van der Waals surface area contributed by atoms with Gasteiger partial charge in [-0.2, -0.15) is 0 Å². The lowest BCUT2D eigenvalue weighted by Gasteiger charge is -2.32. The monoisotopic (exact) mass is 292 g/mol. The molecule has 22 heavy (non-hydrogen) atoms. The molecule has 0 aliphatic carbocycles.